The van der Waals surface area contributed by atoms with Gasteiger partial charge in [-0.05, 0) is 54.6 Å². The Labute approximate surface area is 219 Å². The summed E-state index contributed by atoms with van der Waals surface area (Å²) in [7, 11) is 0. The summed E-state index contributed by atoms with van der Waals surface area (Å²) < 4.78 is 44.7. The number of para-hydroxylation sites is 1. The standard InChI is InChI=1S/C27H19ClF3N3O2S/c28-20-5-1-2-6-21(20)34-23(15-25(32)27(29,30)31)17-8-10-18(11-9-17)26(35)36-16-19-12-13-24(37-19)22-7-3-4-14-33-22/h1-15H,16,32H2/b25-15-,34-23?. The highest BCUT2D eigenvalue weighted by molar-refractivity contribution is 7.15. The molecular formula is C27H19ClF3N3O2S. The highest BCUT2D eigenvalue weighted by Crippen LogP contribution is 2.28. The van der Waals surface area contributed by atoms with E-state index in [2.05, 4.69) is 9.98 Å². The Morgan fingerprint density at radius 1 is 1.00 bits per heavy atom. The number of alkyl halides is 3. The Kier molecular flexibility index (Phi) is 8.05. The molecule has 0 saturated carbocycles. The van der Waals surface area contributed by atoms with E-state index in [1.54, 1.807) is 30.5 Å². The molecule has 0 aliphatic heterocycles. The van der Waals surface area contributed by atoms with Crippen LogP contribution in [0.15, 0.2) is 102 Å². The van der Waals surface area contributed by atoms with Crippen molar-refractivity contribution in [1.29, 1.82) is 0 Å². The van der Waals surface area contributed by atoms with Crippen LogP contribution in [0.1, 0.15) is 20.8 Å². The average Bonchev–Trinajstić information content (AvgIpc) is 3.37. The molecule has 0 saturated heterocycles. The molecule has 2 N–H and O–H groups in total. The minimum Gasteiger partial charge on any atom is -0.456 e. The smallest absolute Gasteiger partial charge is 0.430 e. The van der Waals surface area contributed by atoms with Crippen LogP contribution in [0, 0.1) is 0 Å². The summed E-state index contributed by atoms with van der Waals surface area (Å²) >= 11 is 7.59. The minimum atomic E-state index is -4.73. The van der Waals surface area contributed by atoms with Crippen molar-refractivity contribution in [3.8, 4) is 10.6 Å². The average molecular weight is 542 g/mol. The zero-order valence-electron chi connectivity index (χ0n) is 19.1. The highest BCUT2D eigenvalue weighted by Gasteiger charge is 2.31. The first kappa shape index (κ1) is 26.1. The third-order valence-corrected chi connectivity index (χ3v) is 6.45. The number of ether oxygens (including phenoxy) is 1. The molecule has 37 heavy (non-hydrogen) atoms. The summed E-state index contributed by atoms with van der Waals surface area (Å²) in [6.07, 6.45) is -2.30. The van der Waals surface area contributed by atoms with Crippen molar-refractivity contribution in [3.05, 3.63) is 118 Å². The molecule has 0 aliphatic carbocycles. The maximum Gasteiger partial charge on any atom is 0.430 e. The molecule has 0 bridgehead atoms. The second kappa shape index (κ2) is 11.4. The molecule has 5 nitrogen and oxygen atoms in total. The number of esters is 1. The molecule has 10 heteroatoms. The molecule has 0 fully saturated rings. The van der Waals surface area contributed by atoms with Gasteiger partial charge in [0.1, 0.15) is 12.3 Å². The lowest BCUT2D eigenvalue weighted by Crippen LogP contribution is -2.21. The topological polar surface area (TPSA) is 77.6 Å². The zero-order chi connectivity index (χ0) is 26.4. The van der Waals surface area contributed by atoms with Gasteiger partial charge < -0.3 is 10.5 Å². The number of hydrogen-bond donors (Lipinski definition) is 1. The molecule has 0 aliphatic rings. The molecule has 0 unspecified atom stereocenters. The van der Waals surface area contributed by atoms with Gasteiger partial charge in [-0.2, -0.15) is 13.2 Å². The highest BCUT2D eigenvalue weighted by atomic mass is 35.5. The summed E-state index contributed by atoms with van der Waals surface area (Å²) in [5, 5.41) is 0.263. The third kappa shape index (κ3) is 6.84. The first-order chi connectivity index (χ1) is 17.7. The summed E-state index contributed by atoms with van der Waals surface area (Å²) in [6, 6.07) is 21.7. The fourth-order valence-electron chi connectivity index (χ4n) is 3.18. The van der Waals surface area contributed by atoms with Crippen LogP contribution in [0.4, 0.5) is 18.9 Å². The van der Waals surface area contributed by atoms with Crippen molar-refractivity contribution in [1.82, 2.24) is 4.98 Å². The second-order valence-electron chi connectivity index (χ2n) is 7.68. The molecule has 4 aromatic rings. The normalized spacial score (nSPS) is 12.4. The van der Waals surface area contributed by atoms with E-state index in [0.717, 1.165) is 21.5 Å². The van der Waals surface area contributed by atoms with E-state index in [1.165, 1.54) is 35.6 Å². The summed E-state index contributed by atoms with van der Waals surface area (Å²) in [5.41, 5.74) is 5.50. The number of aromatic nitrogens is 1. The van der Waals surface area contributed by atoms with E-state index in [0.29, 0.717) is 5.56 Å². The number of carbonyl (C=O) groups is 1. The summed E-state index contributed by atoms with van der Waals surface area (Å²) in [6.45, 7) is 0.0716. The Morgan fingerprint density at radius 3 is 2.38 bits per heavy atom. The number of halogens is 4. The van der Waals surface area contributed by atoms with Crippen molar-refractivity contribution < 1.29 is 22.7 Å². The monoisotopic (exact) mass is 541 g/mol. The van der Waals surface area contributed by atoms with Gasteiger partial charge in [-0.25, -0.2) is 9.79 Å². The van der Waals surface area contributed by atoms with Gasteiger partial charge in [0.2, 0.25) is 0 Å². The first-order valence-corrected chi connectivity index (χ1v) is 12.1. The Hall–Kier alpha value is -3.95. The lowest BCUT2D eigenvalue weighted by atomic mass is 10.1. The number of nitrogens with zero attached hydrogens (tertiary/aromatic N) is 2. The van der Waals surface area contributed by atoms with Crippen LogP contribution in [-0.4, -0.2) is 22.8 Å². The number of nitrogens with two attached hydrogens (primary N) is 1. The SMILES string of the molecule is N/C(=C\C(=Nc1ccccc1Cl)c1ccc(C(=O)OCc2ccc(-c3ccccn3)s2)cc1)C(F)(F)F. The van der Waals surface area contributed by atoms with Gasteiger partial charge in [-0.15, -0.1) is 11.3 Å². The van der Waals surface area contributed by atoms with Crippen molar-refractivity contribution in [3.63, 3.8) is 0 Å². The van der Waals surface area contributed by atoms with Crippen LogP contribution < -0.4 is 5.73 Å². The van der Waals surface area contributed by atoms with Crippen molar-refractivity contribution in [2.24, 2.45) is 10.7 Å². The summed E-state index contributed by atoms with van der Waals surface area (Å²) in [5.74, 6) is -0.575. The molecular weight excluding hydrogens is 523 g/mol. The van der Waals surface area contributed by atoms with Gasteiger partial charge in [0.15, 0.2) is 0 Å². The Morgan fingerprint density at radius 2 is 1.70 bits per heavy atom. The van der Waals surface area contributed by atoms with Crippen molar-refractivity contribution in [2.75, 3.05) is 0 Å². The molecule has 4 rings (SSSR count). The van der Waals surface area contributed by atoms with Gasteiger partial charge >= 0.3 is 12.1 Å². The number of allylic oxidation sites excluding steroid dienone is 2. The maximum absolute atomic E-state index is 13.1. The maximum atomic E-state index is 13.1. The van der Waals surface area contributed by atoms with E-state index in [1.807, 2.05) is 30.3 Å². The number of benzene rings is 2. The predicted molar refractivity (Wildman–Crippen MR) is 139 cm³/mol. The Bertz CT molecular complexity index is 1450. The van der Waals surface area contributed by atoms with Gasteiger partial charge in [-0.1, -0.05) is 41.9 Å². The number of hydrogen-bond acceptors (Lipinski definition) is 6. The number of aliphatic imine (C=N–C) groups is 1. The minimum absolute atomic E-state index is 0.0662. The quantitative estimate of drug-likeness (QED) is 0.196. The predicted octanol–water partition coefficient (Wildman–Crippen LogP) is 7.35. The molecule has 2 aromatic heterocycles. The number of rotatable bonds is 7. The lowest BCUT2D eigenvalue weighted by Gasteiger charge is -2.10. The van der Waals surface area contributed by atoms with Gasteiger partial charge in [0.05, 0.1) is 32.6 Å². The molecule has 0 atom stereocenters. The van der Waals surface area contributed by atoms with Crippen LogP contribution in [0.25, 0.3) is 10.6 Å². The fraction of sp³-hybridized carbons (Fsp3) is 0.0741. The molecule has 188 valence electrons. The van der Waals surface area contributed by atoms with Gasteiger partial charge in [-0.3, -0.25) is 4.98 Å². The molecule has 2 aromatic carbocycles. The van der Waals surface area contributed by atoms with Crippen LogP contribution in [0.2, 0.25) is 5.02 Å². The van der Waals surface area contributed by atoms with E-state index in [9.17, 15) is 18.0 Å². The third-order valence-electron chi connectivity index (χ3n) is 5.05. The van der Waals surface area contributed by atoms with E-state index >= 15 is 0 Å². The van der Waals surface area contributed by atoms with Crippen LogP contribution in [0.3, 0.4) is 0 Å². The van der Waals surface area contributed by atoms with E-state index in [-0.39, 0.29) is 28.6 Å². The van der Waals surface area contributed by atoms with Gasteiger partial charge in [0.25, 0.3) is 0 Å². The largest absolute Gasteiger partial charge is 0.456 e. The first-order valence-electron chi connectivity index (χ1n) is 10.9. The molecule has 0 amide bonds. The van der Waals surface area contributed by atoms with E-state index < -0.39 is 17.8 Å². The van der Waals surface area contributed by atoms with Crippen LogP contribution in [-0.2, 0) is 11.3 Å². The summed E-state index contributed by atoms with van der Waals surface area (Å²) in [4.78, 5) is 22.9. The van der Waals surface area contributed by atoms with Crippen LogP contribution in [0.5, 0.6) is 0 Å². The zero-order valence-corrected chi connectivity index (χ0v) is 20.6. The fourth-order valence-corrected chi connectivity index (χ4v) is 4.26. The van der Waals surface area contributed by atoms with Gasteiger partial charge in [0, 0.05) is 16.6 Å². The lowest BCUT2D eigenvalue weighted by molar-refractivity contribution is -0.0925. The van der Waals surface area contributed by atoms with Crippen molar-refractivity contribution in [2.45, 2.75) is 12.8 Å². The Balaban J connectivity index is 1.51. The van der Waals surface area contributed by atoms with E-state index in [4.69, 9.17) is 22.1 Å². The second-order valence-corrected chi connectivity index (χ2v) is 9.26. The molecule has 0 spiro atoms. The number of pyridine rings is 1. The molecule has 0 radical (unpaired) electrons. The number of carbonyl (C=O) groups excluding carboxylic acids is 1. The van der Waals surface area contributed by atoms with Crippen LogP contribution >= 0.6 is 22.9 Å². The number of thiophene rings is 1. The van der Waals surface area contributed by atoms with Crippen molar-refractivity contribution >= 4 is 40.3 Å². The molecule has 2 heterocycles.